The molecule has 0 aromatic heterocycles. The molecule has 1 saturated heterocycles. The van der Waals surface area contributed by atoms with Gasteiger partial charge in [0.05, 0.1) is 7.11 Å². The number of anilines is 1. The number of amides is 1. The summed E-state index contributed by atoms with van der Waals surface area (Å²) in [4.78, 5) is 23.5. The van der Waals surface area contributed by atoms with Crippen LogP contribution < -0.4 is 10.1 Å². The number of ether oxygens (including phenoxy) is 2. The molecule has 1 aliphatic rings. The van der Waals surface area contributed by atoms with Crippen LogP contribution in [0.4, 0.5) is 5.69 Å². The lowest BCUT2D eigenvalue weighted by Crippen LogP contribution is -2.35. The maximum atomic E-state index is 13.0. The molecule has 0 aliphatic carbocycles. The zero-order valence-electron chi connectivity index (χ0n) is 16.4. The summed E-state index contributed by atoms with van der Waals surface area (Å²) in [6.45, 7) is 2.48. The van der Waals surface area contributed by atoms with Crippen molar-refractivity contribution < 1.29 is 27.5 Å². The van der Waals surface area contributed by atoms with Gasteiger partial charge >= 0.3 is 5.97 Å². The van der Waals surface area contributed by atoms with Gasteiger partial charge in [0, 0.05) is 25.2 Å². The van der Waals surface area contributed by atoms with Crippen molar-refractivity contribution in [2.75, 3.05) is 32.1 Å². The summed E-state index contributed by atoms with van der Waals surface area (Å²) in [6, 6.07) is 4.42. The van der Waals surface area contributed by atoms with Crippen LogP contribution in [0.5, 0.6) is 5.75 Å². The summed E-state index contributed by atoms with van der Waals surface area (Å²) in [6.07, 6.45) is 4.49. The molecular weight excluding hydrogens is 384 g/mol. The monoisotopic (exact) mass is 412 g/mol. The second kappa shape index (κ2) is 10.4. The van der Waals surface area contributed by atoms with E-state index in [4.69, 9.17) is 9.47 Å². The van der Waals surface area contributed by atoms with Gasteiger partial charge in [-0.3, -0.25) is 9.59 Å². The van der Waals surface area contributed by atoms with Crippen molar-refractivity contribution in [1.29, 1.82) is 0 Å². The van der Waals surface area contributed by atoms with Crippen molar-refractivity contribution in [2.24, 2.45) is 0 Å². The van der Waals surface area contributed by atoms with Crippen molar-refractivity contribution in [3.8, 4) is 5.75 Å². The maximum Gasteiger partial charge on any atom is 0.306 e. The Hall–Kier alpha value is -2.13. The number of benzene rings is 1. The lowest BCUT2D eigenvalue weighted by molar-refractivity contribution is -0.147. The third-order valence-corrected chi connectivity index (χ3v) is 6.40. The first-order valence-electron chi connectivity index (χ1n) is 9.52. The average Bonchev–Trinajstić information content (AvgIpc) is 2.71. The largest absolute Gasteiger partial charge is 0.495 e. The van der Waals surface area contributed by atoms with Gasteiger partial charge in [0.25, 0.3) is 5.91 Å². The zero-order valence-corrected chi connectivity index (χ0v) is 17.2. The number of nitrogens with zero attached hydrogens (tertiary/aromatic N) is 1. The molecule has 0 radical (unpaired) electrons. The molecule has 156 valence electrons. The normalized spacial score (nSPS) is 15.1. The van der Waals surface area contributed by atoms with Gasteiger partial charge in [-0.25, -0.2) is 8.42 Å². The SMILES string of the molecule is CCCCC(=O)OCC(=O)Nc1ccc(OC)c(S(=O)(=O)N2CCCCC2)c1. The summed E-state index contributed by atoms with van der Waals surface area (Å²) in [5.41, 5.74) is 0.297. The molecule has 0 saturated carbocycles. The fourth-order valence-electron chi connectivity index (χ4n) is 2.94. The van der Waals surface area contributed by atoms with Gasteiger partial charge in [-0.2, -0.15) is 4.31 Å². The highest BCUT2D eigenvalue weighted by molar-refractivity contribution is 7.89. The van der Waals surface area contributed by atoms with Gasteiger partial charge in [0.2, 0.25) is 10.0 Å². The molecule has 2 rings (SSSR count). The van der Waals surface area contributed by atoms with Crippen molar-refractivity contribution in [3.05, 3.63) is 18.2 Å². The van der Waals surface area contributed by atoms with E-state index in [2.05, 4.69) is 5.32 Å². The summed E-state index contributed by atoms with van der Waals surface area (Å²) in [5.74, 6) is -0.744. The van der Waals surface area contributed by atoms with E-state index in [0.29, 0.717) is 25.2 Å². The number of hydrogen-bond donors (Lipinski definition) is 1. The Balaban J connectivity index is 2.09. The van der Waals surface area contributed by atoms with Crippen molar-refractivity contribution >= 4 is 27.6 Å². The number of rotatable bonds is 9. The van der Waals surface area contributed by atoms with Crippen molar-refractivity contribution in [2.45, 2.75) is 50.3 Å². The number of hydrogen-bond acceptors (Lipinski definition) is 6. The van der Waals surface area contributed by atoms with Crippen LogP contribution in [0.15, 0.2) is 23.1 Å². The second-order valence-electron chi connectivity index (χ2n) is 6.64. The van der Waals surface area contributed by atoms with Crippen molar-refractivity contribution in [3.63, 3.8) is 0 Å². The summed E-state index contributed by atoms with van der Waals surface area (Å²) in [7, 11) is -2.33. The molecule has 1 heterocycles. The standard InChI is InChI=1S/C19H28N2O6S/c1-3-4-8-19(23)27-14-18(22)20-15-9-10-16(26-2)17(13-15)28(24,25)21-11-6-5-7-12-21/h9-10,13H,3-8,11-12,14H2,1-2H3,(H,20,22). The first-order valence-corrected chi connectivity index (χ1v) is 11.0. The minimum Gasteiger partial charge on any atom is -0.495 e. The Morgan fingerprint density at radius 3 is 2.54 bits per heavy atom. The molecule has 9 heteroatoms. The average molecular weight is 413 g/mol. The van der Waals surface area contributed by atoms with Crippen LogP contribution in [-0.4, -0.2) is 51.4 Å². The molecule has 0 atom stereocenters. The number of esters is 1. The second-order valence-corrected chi connectivity index (χ2v) is 8.55. The predicted molar refractivity (Wildman–Crippen MR) is 105 cm³/mol. The fraction of sp³-hybridized carbons (Fsp3) is 0.579. The minimum absolute atomic E-state index is 0.00893. The third-order valence-electron chi connectivity index (χ3n) is 4.48. The van der Waals surface area contributed by atoms with Crippen LogP contribution in [0.3, 0.4) is 0 Å². The van der Waals surface area contributed by atoms with E-state index < -0.39 is 28.5 Å². The van der Waals surface area contributed by atoms with E-state index >= 15 is 0 Å². The predicted octanol–water partition coefficient (Wildman–Crippen LogP) is 2.54. The highest BCUT2D eigenvalue weighted by Crippen LogP contribution is 2.31. The Labute approximate surface area is 166 Å². The molecule has 1 N–H and O–H groups in total. The Morgan fingerprint density at radius 1 is 1.18 bits per heavy atom. The van der Waals surface area contributed by atoms with Gasteiger partial charge in [-0.15, -0.1) is 0 Å². The van der Waals surface area contributed by atoms with Gasteiger partial charge in [0.1, 0.15) is 10.6 Å². The zero-order chi connectivity index (χ0) is 20.6. The number of carbonyl (C=O) groups excluding carboxylic acids is 2. The fourth-order valence-corrected chi connectivity index (χ4v) is 4.64. The molecule has 1 fully saturated rings. The maximum absolute atomic E-state index is 13.0. The van der Waals surface area contributed by atoms with E-state index in [1.54, 1.807) is 6.07 Å². The first kappa shape index (κ1) is 22.2. The number of unbranched alkanes of at least 4 members (excludes halogenated alkanes) is 1. The van der Waals surface area contributed by atoms with E-state index in [0.717, 1.165) is 25.7 Å². The highest BCUT2D eigenvalue weighted by atomic mass is 32.2. The Kier molecular flexibility index (Phi) is 8.25. The van der Waals surface area contributed by atoms with Crippen LogP contribution in [0, 0.1) is 0 Å². The van der Waals surface area contributed by atoms with Crippen LogP contribution >= 0.6 is 0 Å². The van der Waals surface area contributed by atoms with Gasteiger partial charge in [0.15, 0.2) is 6.61 Å². The lowest BCUT2D eigenvalue weighted by Gasteiger charge is -2.26. The number of sulfonamides is 1. The molecule has 0 bridgehead atoms. The van der Waals surface area contributed by atoms with Gasteiger partial charge < -0.3 is 14.8 Å². The minimum atomic E-state index is -3.73. The molecule has 1 amide bonds. The Morgan fingerprint density at radius 2 is 1.89 bits per heavy atom. The van der Waals surface area contributed by atoms with Crippen LogP contribution in [0.1, 0.15) is 45.4 Å². The number of piperidine rings is 1. The molecule has 28 heavy (non-hydrogen) atoms. The summed E-state index contributed by atoms with van der Waals surface area (Å²) >= 11 is 0. The van der Waals surface area contributed by atoms with Gasteiger partial charge in [-0.1, -0.05) is 19.8 Å². The van der Waals surface area contributed by atoms with E-state index in [9.17, 15) is 18.0 Å². The number of carbonyl (C=O) groups is 2. The number of methoxy groups -OCH3 is 1. The van der Waals surface area contributed by atoms with Crippen LogP contribution in [-0.2, 0) is 24.3 Å². The molecule has 1 aromatic carbocycles. The summed E-state index contributed by atoms with van der Waals surface area (Å²) < 4.78 is 37.5. The van der Waals surface area contributed by atoms with Crippen LogP contribution in [0.2, 0.25) is 0 Å². The van der Waals surface area contributed by atoms with Gasteiger partial charge in [-0.05, 0) is 37.5 Å². The molecule has 0 spiro atoms. The molecular formula is C19H28N2O6S. The van der Waals surface area contributed by atoms with Crippen LogP contribution in [0.25, 0.3) is 0 Å². The highest BCUT2D eigenvalue weighted by Gasteiger charge is 2.29. The molecule has 0 unspecified atom stereocenters. The topological polar surface area (TPSA) is 102 Å². The summed E-state index contributed by atoms with van der Waals surface area (Å²) in [5, 5.41) is 2.57. The smallest absolute Gasteiger partial charge is 0.306 e. The van der Waals surface area contributed by atoms with Crippen molar-refractivity contribution in [1.82, 2.24) is 4.31 Å². The quantitative estimate of drug-likeness (QED) is 0.626. The van der Waals surface area contributed by atoms with E-state index in [1.165, 1.54) is 23.5 Å². The molecule has 8 nitrogen and oxygen atoms in total. The lowest BCUT2D eigenvalue weighted by atomic mass is 10.2. The molecule has 1 aromatic rings. The van der Waals surface area contributed by atoms with E-state index in [-0.39, 0.29) is 17.1 Å². The first-order chi connectivity index (χ1) is 13.4. The number of nitrogens with one attached hydrogen (secondary N) is 1. The Bertz CT molecular complexity index is 788. The third kappa shape index (κ3) is 5.93. The molecule has 1 aliphatic heterocycles. The van der Waals surface area contributed by atoms with E-state index in [1.807, 2.05) is 6.92 Å².